The molecule has 8 heteroatoms. The summed E-state index contributed by atoms with van der Waals surface area (Å²) in [5, 5.41) is 4.37. The minimum atomic E-state index is -4.15. The number of rotatable bonds is 3. The first-order chi connectivity index (χ1) is 14.0. The minimum Gasteiger partial charge on any atom is -0.289 e. The van der Waals surface area contributed by atoms with E-state index in [1.54, 1.807) is 31.3 Å². The lowest BCUT2D eigenvalue weighted by Crippen LogP contribution is -2.25. The van der Waals surface area contributed by atoms with E-state index in [1.165, 1.54) is 28.9 Å². The van der Waals surface area contributed by atoms with E-state index >= 15 is 0 Å². The van der Waals surface area contributed by atoms with Gasteiger partial charge in [0.05, 0.1) is 16.2 Å². The maximum absolute atomic E-state index is 13.2. The first-order valence-electron chi connectivity index (χ1n) is 9.39. The van der Waals surface area contributed by atoms with E-state index in [9.17, 15) is 18.0 Å². The zero-order valence-electron chi connectivity index (χ0n) is 17.1. The number of aromatic nitrogens is 2. The zero-order chi connectivity index (χ0) is 21.8. The first-order valence-corrected chi connectivity index (χ1v) is 10.9. The highest BCUT2D eigenvalue weighted by molar-refractivity contribution is 7.92. The Labute approximate surface area is 174 Å². The van der Waals surface area contributed by atoms with Gasteiger partial charge in [-0.25, -0.2) is 8.42 Å². The van der Waals surface area contributed by atoms with E-state index in [-0.39, 0.29) is 44.2 Å². The molecule has 0 atom stereocenters. The quantitative estimate of drug-likeness (QED) is 0.545. The topological polar surface area (TPSA) is 98.1 Å². The maximum Gasteiger partial charge on any atom is 0.263 e. The molecule has 0 bridgehead atoms. The second kappa shape index (κ2) is 6.63. The summed E-state index contributed by atoms with van der Waals surface area (Å²) in [7, 11) is -2.51. The van der Waals surface area contributed by atoms with Crippen molar-refractivity contribution in [3.8, 4) is 0 Å². The number of sulfonamides is 1. The summed E-state index contributed by atoms with van der Waals surface area (Å²) < 4.78 is 30.4. The van der Waals surface area contributed by atoms with Crippen LogP contribution in [0.2, 0.25) is 0 Å². The van der Waals surface area contributed by atoms with Crippen molar-refractivity contribution in [2.45, 2.75) is 31.1 Å². The Morgan fingerprint density at radius 2 is 1.50 bits per heavy atom. The third kappa shape index (κ3) is 3.13. The van der Waals surface area contributed by atoms with Gasteiger partial charge in [0.1, 0.15) is 5.82 Å². The van der Waals surface area contributed by atoms with Crippen LogP contribution in [-0.4, -0.2) is 29.8 Å². The number of carbonyl (C=O) groups excluding carboxylic acids is 2. The average Bonchev–Trinajstić information content (AvgIpc) is 3.06. The van der Waals surface area contributed by atoms with E-state index in [4.69, 9.17) is 0 Å². The molecule has 0 saturated heterocycles. The SMILES string of the molecule is Cn1nc(C(C)(C)C)cc1NS(=O)(=O)c1cccc2c1C(=O)c1ccccc1C2=O. The Morgan fingerprint density at radius 3 is 2.10 bits per heavy atom. The molecule has 3 aromatic rings. The molecule has 1 heterocycles. The van der Waals surface area contributed by atoms with Crippen LogP contribution in [0.5, 0.6) is 0 Å². The number of ketones is 2. The van der Waals surface area contributed by atoms with Gasteiger partial charge in [0, 0.05) is 35.2 Å². The second-order valence-corrected chi connectivity index (χ2v) is 9.93. The molecule has 1 N–H and O–H groups in total. The number of fused-ring (bicyclic) bond motifs is 2. The van der Waals surface area contributed by atoms with Crippen molar-refractivity contribution >= 4 is 27.4 Å². The first kappa shape index (κ1) is 20.0. The van der Waals surface area contributed by atoms with Crippen molar-refractivity contribution in [3.05, 3.63) is 76.5 Å². The Hall–Kier alpha value is -3.26. The summed E-state index contributed by atoms with van der Waals surface area (Å²) >= 11 is 0. The van der Waals surface area contributed by atoms with Crippen molar-refractivity contribution in [1.82, 2.24) is 9.78 Å². The summed E-state index contributed by atoms with van der Waals surface area (Å²) in [5.74, 6) is -0.582. The summed E-state index contributed by atoms with van der Waals surface area (Å²) in [6.45, 7) is 5.93. The van der Waals surface area contributed by atoms with Gasteiger partial charge >= 0.3 is 0 Å². The molecular formula is C22H21N3O4S. The van der Waals surface area contributed by atoms with E-state index in [2.05, 4.69) is 9.82 Å². The van der Waals surface area contributed by atoms with Crippen molar-refractivity contribution in [1.29, 1.82) is 0 Å². The number of benzene rings is 2. The summed E-state index contributed by atoms with van der Waals surface area (Å²) in [4.78, 5) is 25.8. The molecule has 154 valence electrons. The minimum absolute atomic E-state index is 0.0851. The number of hydrogen-bond donors (Lipinski definition) is 1. The molecule has 30 heavy (non-hydrogen) atoms. The zero-order valence-corrected chi connectivity index (χ0v) is 17.9. The van der Waals surface area contributed by atoms with Gasteiger partial charge in [-0.15, -0.1) is 0 Å². The highest BCUT2D eigenvalue weighted by atomic mass is 32.2. The van der Waals surface area contributed by atoms with E-state index < -0.39 is 15.8 Å². The lowest BCUT2D eigenvalue weighted by Gasteiger charge is -2.20. The molecule has 1 aliphatic rings. The molecule has 0 amide bonds. The van der Waals surface area contributed by atoms with Crippen LogP contribution in [0.3, 0.4) is 0 Å². The molecular weight excluding hydrogens is 402 g/mol. The number of carbonyl (C=O) groups is 2. The number of hydrogen-bond acceptors (Lipinski definition) is 5. The number of nitrogens with zero attached hydrogens (tertiary/aromatic N) is 2. The van der Waals surface area contributed by atoms with E-state index in [1.807, 2.05) is 20.8 Å². The highest BCUT2D eigenvalue weighted by Crippen LogP contribution is 2.32. The highest BCUT2D eigenvalue weighted by Gasteiger charge is 2.35. The molecule has 1 aromatic heterocycles. The monoisotopic (exact) mass is 423 g/mol. The van der Waals surface area contributed by atoms with Crippen molar-refractivity contribution < 1.29 is 18.0 Å². The molecule has 0 aliphatic heterocycles. The van der Waals surface area contributed by atoms with Crippen LogP contribution in [0, 0.1) is 0 Å². The second-order valence-electron chi connectivity index (χ2n) is 8.28. The third-order valence-corrected chi connectivity index (χ3v) is 6.49. The van der Waals surface area contributed by atoms with Gasteiger partial charge in [-0.05, 0) is 6.07 Å². The lowest BCUT2D eigenvalue weighted by molar-refractivity contribution is 0.0976. The maximum atomic E-state index is 13.2. The fraction of sp³-hybridized carbons (Fsp3) is 0.227. The third-order valence-electron chi connectivity index (χ3n) is 5.09. The van der Waals surface area contributed by atoms with Gasteiger partial charge in [-0.2, -0.15) is 5.10 Å². The normalized spacial score (nSPS) is 13.7. The van der Waals surface area contributed by atoms with Gasteiger partial charge in [-0.3, -0.25) is 19.0 Å². The Bertz CT molecular complexity index is 1310. The van der Waals surface area contributed by atoms with Crippen LogP contribution in [0.15, 0.2) is 53.4 Å². The molecule has 0 saturated carbocycles. The lowest BCUT2D eigenvalue weighted by atomic mass is 9.84. The van der Waals surface area contributed by atoms with Crippen LogP contribution in [-0.2, 0) is 22.5 Å². The van der Waals surface area contributed by atoms with Crippen molar-refractivity contribution in [2.75, 3.05) is 4.72 Å². The Kier molecular flexibility index (Phi) is 4.43. The Morgan fingerprint density at radius 1 is 0.900 bits per heavy atom. The molecule has 0 spiro atoms. The van der Waals surface area contributed by atoms with Gasteiger partial charge in [0.15, 0.2) is 11.6 Å². The van der Waals surface area contributed by atoms with Gasteiger partial charge < -0.3 is 0 Å². The fourth-order valence-corrected chi connectivity index (χ4v) is 4.76. The molecule has 1 aliphatic carbocycles. The molecule has 2 aromatic carbocycles. The summed E-state index contributed by atoms with van der Waals surface area (Å²) in [6.07, 6.45) is 0. The predicted molar refractivity (Wildman–Crippen MR) is 112 cm³/mol. The molecule has 7 nitrogen and oxygen atoms in total. The van der Waals surface area contributed by atoms with Crippen molar-refractivity contribution in [2.24, 2.45) is 7.05 Å². The summed E-state index contributed by atoms with van der Waals surface area (Å²) in [6, 6.07) is 12.4. The molecule has 0 radical (unpaired) electrons. The van der Waals surface area contributed by atoms with Crippen LogP contribution in [0.25, 0.3) is 0 Å². The number of nitrogens with one attached hydrogen (secondary N) is 1. The smallest absolute Gasteiger partial charge is 0.263 e. The van der Waals surface area contributed by atoms with Gasteiger partial charge in [-0.1, -0.05) is 57.2 Å². The molecule has 4 rings (SSSR count). The van der Waals surface area contributed by atoms with E-state index in [0.717, 1.165) is 5.69 Å². The predicted octanol–water partition coefficient (Wildman–Crippen LogP) is 3.29. The van der Waals surface area contributed by atoms with Gasteiger partial charge in [0.2, 0.25) is 0 Å². The van der Waals surface area contributed by atoms with Gasteiger partial charge in [0.25, 0.3) is 10.0 Å². The van der Waals surface area contributed by atoms with Crippen LogP contribution in [0.4, 0.5) is 5.82 Å². The summed E-state index contributed by atoms with van der Waals surface area (Å²) in [5.41, 5.74) is 0.915. The standard InChI is InChI=1S/C22H21N3O4S/c1-22(2,3)17-12-18(25(4)23-17)24-30(28,29)16-11-7-10-15-19(16)21(27)14-9-6-5-8-13(14)20(15)26/h5-12,24H,1-4H3. The number of anilines is 1. The Balaban J connectivity index is 1.82. The van der Waals surface area contributed by atoms with E-state index in [0.29, 0.717) is 0 Å². The fourth-order valence-electron chi connectivity index (χ4n) is 3.46. The average molecular weight is 423 g/mol. The van der Waals surface area contributed by atoms with Crippen LogP contribution < -0.4 is 4.72 Å². The van der Waals surface area contributed by atoms with Crippen molar-refractivity contribution in [3.63, 3.8) is 0 Å². The number of aryl methyl sites for hydroxylation is 1. The largest absolute Gasteiger partial charge is 0.289 e. The molecule has 0 unspecified atom stereocenters. The van der Waals surface area contributed by atoms with Crippen LogP contribution >= 0.6 is 0 Å². The van der Waals surface area contributed by atoms with Crippen LogP contribution in [0.1, 0.15) is 58.3 Å². The molecule has 0 fully saturated rings.